The van der Waals surface area contributed by atoms with Gasteiger partial charge in [0, 0.05) is 25.3 Å². The molecule has 1 unspecified atom stereocenters. The standard InChI is InChI=1S/C34H55F9N4O13S/c35-32(36,37)31(33(38,39)40,34(41,42)43)60-21-20-58-17-16-55-12-10-53-8-5-46-29(51)25(44)3-1-2-4-45-27(49)24-59-19-18-57-15-14-56-13-11-54-9-6-47-28(50)23-26(30(47)52)61-22-7-48/h25-26,48H,1-24,44H2,(H,45,49)(H,46,51)/t25-,26?/m0/s1. The number of aliphatic hydroxyl groups excluding tert-OH is 1. The summed E-state index contributed by atoms with van der Waals surface area (Å²) in [6.45, 7) is -1.01. The van der Waals surface area contributed by atoms with E-state index >= 15 is 0 Å². The van der Waals surface area contributed by atoms with Gasteiger partial charge in [-0.15, -0.1) is 11.8 Å². The van der Waals surface area contributed by atoms with Crippen LogP contribution in [0.2, 0.25) is 0 Å². The number of hydrogen-bond donors (Lipinski definition) is 4. The quantitative estimate of drug-likeness (QED) is 0.0394. The number of alkyl halides is 9. The predicted molar refractivity (Wildman–Crippen MR) is 195 cm³/mol. The summed E-state index contributed by atoms with van der Waals surface area (Å²) in [6.07, 6.45) is -18.9. The number of likely N-dealkylation sites (tertiary alicyclic amines) is 1. The third kappa shape index (κ3) is 22.0. The van der Waals surface area contributed by atoms with E-state index in [2.05, 4.69) is 20.1 Å². The molecule has 27 heteroatoms. The molecule has 0 aromatic carbocycles. The Balaban J connectivity index is 1.92. The second kappa shape index (κ2) is 30.5. The second-order valence-electron chi connectivity index (χ2n) is 12.7. The van der Waals surface area contributed by atoms with Gasteiger partial charge >= 0.3 is 24.1 Å². The molecule has 61 heavy (non-hydrogen) atoms. The van der Waals surface area contributed by atoms with E-state index in [1.807, 2.05) is 0 Å². The molecule has 0 aromatic heterocycles. The number of carbonyl (C=O) groups excluding carboxylic acids is 4. The van der Waals surface area contributed by atoms with Crippen molar-refractivity contribution in [3.63, 3.8) is 0 Å². The number of nitrogens with zero attached hydrogens (tertiary/aromatic N) is 1. The smallest absolute Gasteiger partial charge is 0.396 e. The molecule has 1 saturated heterocycles. The average Bonchev–Trinajstić information content (AvgIpc) is 3.44. The number of nitrogens with one attached hydrogen (secondary N) is 2. The van der Waals surface area contributed by atoms with Crippen LogP contribution in [0, 0.1) is 0 Å². The lowest BCUT2D eigenvalue weighted by Gasteiger charge is -2.37. The summed E-state index contributed by atoms with van der Waals surface area (Å²) >= 11 is 1.26. The van der Waals surface area contributed by atoms with Gasteiger partial charge in [-0.3, -0.25) is 24.1 Å². The number of imide groups is 1. The maximum Gasteiger partial charge on any atom is 0.435 e. The molecule has 17 nitrogen and oxygen atoms in total. The Morgan fingerprint density at radius 2 is 1.16 bits per heavy atom. The highest BCUT2D eigenvalue weighted by Gasteiger charge is 2.85. The molecule has 0 bridgehead atoms. The SMILES string of the molecule is N[C@@H](CCCCNC(=O)COCCOCCOCCOCCN1C(=O)CC(SCCO)C1=O)C(=O)NCCOCCOCCOCCOC(C(F)(F)F)(C(F)(F)F)C(F)(F)F. The van der Waals surface area contributed by atoms with Crippen molar-refractivity contribution >= 4 is 35.4 Å². The highest BCUT2D eigenvalue weighted by molar-refractivity contribution is 8.00. The van der Waals surface area contributed by atoms with Gasteiger partial charge in [0.2, 0.25) is 23.6 Å². The lowest BCUT2D eigenvalue weighted by molar-refractivity contribution is -0.457. The van der Waals surface area contributed by atoms with E-state index in [0.29, 0.717) is 51.4 Å². The second-order valence-corrected chi connectivity index (χ2v) is 14.0. The molecular weight excluding hydrogens is 875 g/mol. The Morgan fingerprint density at radius 3 is 1.67 bits per heavy atom. The number of nitrogens with two attached hydrogens (primary N) is 1. The van der Waals surface area contributed by atoms with Crippen molar-refractivity contribution in [3.05, 3.63) is 0 Å². The van der Waals surface area contributed by atoms with E-state index in [0.717, 1.165) is 0 Å². The van der Waals surface area contributed by atoms with Crippen LogP contribution in [0.25, 0.3) is 0 Å². The van der Waals surface area contributed by atoms with Crippen LogP contribution < -0.4 is 16.4 Å². The number of unbranched alkanes of at least 4 members (excludes halogenated alkanes) is 1. The first-order chi connectivity index (χ1) is 28.8. The van der Waals surface area contributed by atoms with Crippen molar-refractivity contribution in [3.8, 4) is 0 Å². The van der Waals surface area contributed by atoms with E-state index in [1.165, 1.54) is 16.7 Å². The predicted octanol–water partition coefficient (Wildman–Crippen LogP) is 1.13. The first kappa shape index (κ1) is 56.4. The Morgan fingerprint density at radius 1 is 0.689 bits per heavy atom. The van der Waals surface area contributed by atoms with Crippen molar-refractivity contribution < 1.29 is 102 Å². The van der Waals surface area contributed by atoms with Gasteiger partial charge < -0.3 is 59.4 Å². The molecule has 1 fully saturated rings. The molecule has 2 atom stereocenters. The Labute approximate surface area is 350 Å². The monoisotopic (exact) mass is 930 g/mol. The summed E-state index contributed by atoms with van der Waals surface area (Å²) in [4.78, 5) is 49.5. The van der Waals surface area contributed by atoms with Crippen LogP contribution in [-0.2, 0) is 57.1 Å². The normalized spacial score (nSPS) is 15.8. The molecule has 1 rings (SSSR count). The highest BCUT2D eigenvalue weighted by Crippen LogP contribution is 2.54. The van der Waals surface area contributed by atoms with Gasteiger partial charge in [-0.25, -0.2) is 0 Å². The third-order valence-electron chi connectivity index (χ3n) is 8.06. The topological polar surface area (TPSA) is 216 Å². The van der Waals surface area contributed by atoms with Crippen molar-refractivity contribution in [1.29, 1.82) is 0 Å². The first-order valence-corrected chi connectivity index (χ1v) is 20.1. The molecule has 0 saturated carbocycles. The van der Waals surface area contributed by atoms with Crippen molar-refractivity contribution in [1.82, 2.24) is 15.5 Å². The van der Waals surface area contributed by atoms with Crippen LogP contribution in [0.5, 0.6) is 0 Å². The molecule has 0 spiro atoms. The largest absolute Gasteiger partial charge is 0.435 e. The number of hydrogen-bond acceptors (Lipinski definition) is 15. The van der Waals surface area contributed by atoms with Crippen molar-refractivity contribution in [2.45, 2.75) is 61.1 Å². The Kier molecular flexibility index (Phi) is 28.2. The van der Waals surface area contributed by atoms with Crippen LogP contribution in [0.15, 0.2) is 0 Å². The maximum atomic E-state index is 12.8. The summed E-state index contributed by atoms with van der Waals surface area (Å²) in [5, 5.41) is 13.7. The number of amides is 4. The fourth-order valence-electron chi connectivity index (χ4n) is 4.99. The summed E-state index contributed by atoms with van der Waals surface area (Å²) in [7, 11) is 0. The zero-order valence-electron chi connectivity index (χ0n) is 33.3. The summed E-state index contributed by atoms with van der Waals surface area (Å²) in [6, 6.07) is -0.805. The van der Waals surface area contributed by atoms with Gasteiger partial charge in [0.25, 0.3) is 0 Å². The van der Waals surface area contributed by atoms with Crippen LogP contribution in [0.1, 0.15) is 25.7 Å². The van der Waals surface area contributed by atoms with Crippen molar-refractivity contribution in [2.75, 3.05) is 131 Å². The van der Waals surface area contributed by atoms with E-state index < -0.39 is 54.5 Å². The number of aliphatic hydroxyl groups is 1. The molecule has 0 aromatic rings. The van der Waals surface area contributed by atoms with E-state index in [-0.39, 0.29) is 110 Å². The van der Waals surface area contributed by atoms with Gasteiger partial charge in [-0.2, -0.15) is 39.5 Å². The van der Waals surface area contributed by atoms with Crippen LogP contribution >= 0.6 is 11.8 Å². The minimum absolute atomic E-state index is 0.0209. The average molecular weight is 931 g/mol. The molecule has 4 amide bonds. The molecule has 1 aliphatic heterocycles. The molecule has 0 radical (unpaired) electrons. The van der Waals surface area contributed by atoms with Gasteiger partial charge in [0.1, 0.15) is 6.61 Å². The van der Waals surface area contributed by atoms with Gasteiger partial charge in [0.15, 0.2) is 0 Å². The lowest BCUT2D eigenvalue weighted by atomic mass is 10.0. The number of halogens is 9. The zero-order valence-corrected chi connectivity index (χ0v) is 34.1. The number of rotatable bonds is 36. The van der Waals surface area contributed by atoms with E-state index in [4.69, 9.17) is 39.3 Å². The number of carbonyl (C=O) groups is 4. The zero-order chi connectivity index (χ0) is 45.8. The molecule has 1 aliphatic rings. The molecular formula is C34H55F9N4O13S. The van der Waals surface area contributed by atoms with Crippen LogP contribution in [0.3, 0.4) is 0 Å². The van der Waals surface area contributed by atoms with Crippen LogP contribution in [0.4, 0.5) is 39.5 Å². The van der Waals surface area contributed by atoms with Gasteiger partial charge in [-0.1, -0.05) is 0 Å². The third-order valence-corrected chi connectivity index (χ3v) is 9.24. The van der Waals surface area contributed by atoms with E-state index in [9.17, 15) is 58.7 Å². The van der Waals surface area contributed by atoms with Crippen LogP contribution in [-0.4, -0.2) is 200 Å². The van der Waals surface area contributed by atoms with Gasteiger partial charge in [0.05, 0.1) is 117 Å². The first-order valence-electron chi connectivity index (χ1n) is 19.0. The minimum atomic E-state index is -6.82. The molecule has 5 N–H and O–H groups in total. The fourth-order valence-corrected chi connectivity index (χ4v) is 5.91. The summed E-state index contributed by atoms with van der Waals surface area (Å²) in [5.41, 5.74) is -0.481. The summed E-state index contributed by atoms with van der Waals surface area (Å²) < 4.78 is 155. The Hall–Kier alpha value is -2.60. The molecule has 0 aliphatic carbocycles. The minimum Gasteiger partial charge on any atom is -0.396 e. The van der Waals surface area contributed by atoms with Crippen molar-refractivity contribution in [2.24, 2.45) is 5.73 Å². The number of thioether (sulfide) groups is 1. The lowest BCUT2D eigenvalue weighted by Crippen LogP contribution is -2.68. The Bertz CT molecular complexity index is 1220. The highest BCUT2D eigenvalue weighted by atomic mass is 32.2. The molecule has 1 heterocycles. The van der Waals surface area contributed by atoms with Gasteiger partial charge in [-0.05, 0) is 19.3 Å². The van der Waals surface area contributed by atoms with E-state index in [1.54, 1.807) is 0 Å². The summed E-state index contributed by atoms with van der Waals surface area (Å²) in [5.74, 6) is -0.874. The maximum absolute atomic E-state index is 12.8. The fraction of sp³-hybridized carbons (Fsp3) is 0.882. The number of ether oxygens (including phenoxy) is 8. The molecule has 358 valence electrons.